The number of hydrogen-bond acceptors (Lipinski definition) is 5. The maximum atomic E-state index is 13.0. The number of methoxy groups -OCH3 is 1. The molecule has 186 valence electrons. The zero-order valence-corrected chi connectivity index (χ0v) is 22.7. The summed E-state index contributed by atoms with van der Waals surface area (Å²) in [4.78, 5) is 15.4. The Morgan fingerprint density at radius 2 is 2.11 bits per heavy atom. The molecule has 1 saturated heterocycles. The first-order valence-electron chi connectivity index (χ1n) is 12.0. The zero-order chi connectivity index (χ0) is 25.1. The van der Waals surface area contributed by atoms with Crippen LogP contribution in [0, 0.1) is 11.3 Å². The Morgan fingerprint density at radius 1 is 1.25 bits per heavy atom. The summed E-state index contributed by atoms with van der Waals surface area (Å²) in [6, 6.07) is 16.1. The van der Waals surface area contributed by atoms with Crippen LogP contribution >= 0.6 is 0 Å². The van der Waals surface area contributed by atoms with Gasteiger partial charge in [0.05, 0.1) is 0 Å². The molecule has 3 heterocycles. The van der Waals surface area contributed by atoms with Crippen LogP contribution in [0.3, 0.4) is 0 Å². The summed E-state index contributed by atoms with van der Waals surface area (Å²) in [6.07, 6.45) is 3.25. The van der Waals surface area contributed by atoms with Crippen LogP contribution in [0.25, 0.3) is 0 Å². The molecule has 0 aliphatic carbocycles. The third-order valence-electron chi connectivity index (χ3n) is 6.92. The Labute approximate surface area is 222 Å². The van der Waals surface area contributed by atoms with E-state index in [1.807, 2.05) is 43.3 Å². The number of anilines is 1. The van der Waals surface area contributed by atoms with Gasteiger partial charge in [-0.25, -0.2) is 0 Å². The second kappa shape index (κ2) is 10.5. The molecule has 3 aliphatic rings. The van der Waals surface area contributed by atoms with Gasteiger partial charge in [0.25, 0.3) is 0 Å². The van der Waals surface area contributed by atoms with Gasteiger partial charge in [0, 0.05) is 0 Å². The van der Waals surface area contributed by atoms with Crippen LogP contribution in [0.4, 0.5) is 5.69 Å². The fourth-order valence-corrected chi connectivity index (χ4v) is 7.06. The molecule has 2 aromatic rings. The van der Waals surface area contributed by atoms with E-state index < -0.39 is 5.41 Å². The van der Waals surface area contributed by atoms with Gasteiger partial charge in [0.2, 0.25) is 0 Å². The van der Waals surface area contributed by atoms with Crippen molar-refractivity contribution in [1.82, 2.24) is 5.32 Å². The van der Waals surface area contributed by atoms with E-state index in [2.05, 4.69) is 36.6 Å². The molecule has 0 saturated carbocycles. The van der Waals surface area contributed by atoms with Gasteiger partial charge in [-0.2, -0.15) is 0 Å². The van der Waals surface area contributed by atoms with Gasteiger partial charge in [-0.15, -0.1) is 0 Å². The van der Waals surface area contributed by atoms with Crippen molar-refractivity contribution in [3.05, 3.63) is 90.1 Å². The number of ether oxygens (including phenoxy) is 2. The second-order valence-corrected chi connectivity index (χ2v) is 11.4. The number of rotatable bonds is 5. The number of piperidine rings is 1. The standard InChI is InChI=1S/C29H29IN3O3/c1-29(18-31)19-36-17-23-8-7-21(12-25(23)29)28(34)32-15-20-11-24-16-33(10-9-22(24)14-30-13-20)26-5-3-4-6-27(26)35-2/h3-8,11-14H,9-10,15-17,19H2,1-2H3,(H,32,34)/q-1/t29-/m1/s1. The quantitative estimate of drug-likeness (QED) is 0.531. The third kappa shape index (κ3) is 4.93. The van der Waals surface area contributed by atoms with E-state index in [-0.39, 0.29) is 27.1 Å². The first-order chi connectivity index (χ1) is 17.5. The Hall–Kier alpha value is -3.09. The average molecular weight is 594 g/mol. The van der Waals surface area contributed by atoms with E-state index in [0.29, 0.717) is 25.3 Å². The Balaban J connectivity index is 1.29. The van der Waals surface area contributed by atoms with Crippen molar-refractivity contribution >= 4 is 11.6 Å². The van der Waals surface area contributed by atoms with Gasteiger partial charge in [-0.3, -0.25) is 0 Å². The predicted molar refractivity (Wildman–Crippen MR) is 135 cm³/mol. The van der Waals surface area contributed by atoms with Crippen molar-refractivity contribution in [2.75, 3.05) is 38.3 Å². The summed E-state index contributed by atoms with van der Waals surface area (Å²) < 4.78 is 15.9. The van der Waals surface area contributed by atoms with Gasteiger partial charge in [0.15, 0.2) is 0 Å². The molecule has 5 rings (SSSR count). The fraction of sp³-hybridized carbons (Fsp3) is 0.310. The Kier molecular flexibility index (Phi) is 7.17. The van der Waals surface area contributed by atoms with Crippen LogP contribution in [0.2, 0.25) is 0 Å². The molecule has 1 fully saturated rings. The molecule has 0 aromatic heterocycles. The number of amides is 1. The summed E-state index contributed by atoms with van der Waals surface area (Å²) in [5, 5.41) is 12.8. The number of benzene rings is 2. The van der Waals surface area contributed by atoms with Crippen LogP contribution in [0.5, 0.6) is 5.75 Å². The number of hydrogen-bond donors (Lipinski definition) is 1. The van der Waals surface area contributed by atoms with E-state index >= 15 is 0 Å². The van der Waals surface area contributed by atoms with Gasteiger partial charge in [-0.05, 0) is 0 Å². The van der Waals surface area contributed by atoms with E-state index in [9.17, 15) is 10.1 Å². The molecule has 0 bridgehead atoms. The van der Waals surface area contributed by atoms with Crippen molar-refractivity contribution in [2.24, 2.45) is 0 Å². The summed E-state index contributed by atoms with van der Waals surface area (Å²) in [5.74, 6) is 0.762. The number of carbonyl (C=O) groups is 1. The van der Waals surface area contributed by atoms with Crippen LogP contribution in [0.1, 0.15) is 34.8 Å². The number of carbonyl (C=O) groups excluding carboxylic acids is 1. The molecule has 1 atom stereocenters. The van der Waals surface area contributed by atoms with E-state index in [0.717, 1.165) is 47.6 Å². The molecule has 0 unspecified atom stereocenters. The number of para-hydroxylation sites is 2. The van der Waals surface area contributed by atoms with Gasteiger partial charge >= 0.3 is 223 Å². The van der Waals surface area contributed by atoms with Gasteiger partial charge in [-0.1, -0.05) is 0 Å². The van der Waals surface area contributed by atoms with Gasteiger partial charge < -0.3 is 0 Å². The van der Waals surface area contributed by atoms with E-state index in [1.165, 1.54) is 11.1 Å². The number of halogens is 1. The van der Waals surface area contributed by atoms with Crippen molar-refractivity contribution in [1.29, 1.82) is 5.26 Å². The maximum absolute atomic E-state index is 13.0. The van der Waals surface area contributed by atoms with Gasteiger partial charge in [0.1, 0.15) is 0 Å². The second-order valence-electron chi connectivity index (χ2n) is 9.45. The Morgan fingerprint density at radius 3 is 2.94 bits per heavy atom. The monoisotopic (exact) mass is 594 g/mol. The topological polar surface area (TPSA) is 74.6 Å². The van der Waals surface area contributed by atoms with E-state index in [1.54, 1.807) is 7.11 Å². The average Bonchev–Trinajstić information content (AvgIpc) is 3.13. The van der Waals surface area contributed by atoms with E-state index in [4.69, 9.17) is 9.47 Å². The molecule has 0 radical (unpaired) electrons. The minimum atomic E-state index is -0.737. The first-order valence-corrected chi connectivity index (χ1v) is 14.5. The normalized spacial score (nSPS) is 21.2. The Bertz CT molecular complexity index is 1320. The molecule has 36 heavy (non-hydrogen) atoms. The number of fused-ring (bicyclic) bond motifs is 2. The fourth-order valence-electron chi connectivity index (χ4n) is 4.87. The third-order valence-corrected chi connectivity index (χ3v) is 9.19. The summed E-state index contributed by atoms with van der Waals surface area (Å²) in [6.45, 7) is 4.94. The summed E-state index contributed by atoms with van der Waals surface area (Å²) in [7, 11) is 1.71. The van der Waals surface area contributed by atoms with Crippen LogP contribution < -0.4 is 36.2 Å². The minimum absolute atomic E-state index is 0.126. The van der Waals surface area contributed by atoms with Crippen LogP contribution in [-0.2, 0) is 16.8 Å². The molecule has 0 spiro atoms. The molecule has 2 aromatic carbocycles. The summed E-state index contributed by atoms with van der Waals surface area (Å²) >= 11 is -0.209. The number of nitriles is 1. The molecule has 1 N–H and O–H groups in total. The van der Waals surface area contributed by atoms with Crippen LogP contribution in [-0.4, -0.2) is 39.3 Å². The number of nitrogens with zero attached hydrogens (tertiary/aromatic N) is 2. The van der Waals surface area contributed by atoms with Crippen molar-refractivity contribution in [2.45, 2.75) is 25.4 Å². The first kappa shape index (κ1) is 24.6. The predicted octanol–water partition coefficient (Wildman–Crippen LogP) is 1.44. The SMILES string of the molecule is COc1ccccc1N1CCC2=C[I-]C=C(CNC(=O)c3ccc4c(c3)[C@](C)(C#N)COC4)C=C2C1. The molecular formula is C29H29IN3O3-. The van der Waals surface area contributed by atoms with Crippen molar-refractivity contribution in [3.63, 3.8) is 0 Å². The van der Waals surface area contributed by atoms with Crippen molar-refractivity contribution < 1.29 is 35.5 Å². The van der Waals surface area contributed by atoms with Crippen molar-refractivity contribution in [3.8, 4) is 11.8 Å². The summed E-state index contributed by atoms with van der Waals surface area (Å²) in [5.41, 5.74) is 6.69. The molecular weight excluding hydrogens is 565 g/mol. The zero-order valence-electron chi connectivity index (χ0n) is 20.5. The molecule has 7 heteroatoms. The number of nitrogens with one attached hydrogen (secondary N) is 1. The molecule has 6 nitrogen and oxygen atoms in total. The molecule has 1 amide bonds. The molecule has 3 aliphatic heterocycles. The van der Waals surface area contributed by atoms with Crippen LogP contribution in [0.15, 0.2) is 73.4 Å².